The molecule has 0 aromatic heterocycles. The maximum atomic E-state index is 12.8. The van der Waals surface area contributed by atoms with Crippen LogP contribution in [0.2, 0.25) is 0 Å². The third kappa shape index (κ3) is 12.3. The molecule has 0 aliphatic heterocycles. The van der Waals surface area contributed by atoms with Gasteiger partial charge in [0.25, 0.3) is 0 Å². The smallest absolute Gasteiger partial charge is 0.343 e. The largest absolute Gasteiger partial charge is 0.425 e. The first-order chi connectivity index (χ1) is 21.8. The predicted molar refractivity (Wildman–Crippen MR) is 180 cm³/mol. The third-order valence-corrected chi connectivity index (χ3v) is 8.01. The van der Waals surface area contributed by atoms with Gasteiger partial charge in [-0.15, -0.1) is 0 Å². The summed E-state index contributed by atoms with van der Waals surface area (Å²) in [7, 11) is 0. The zero-order valence-corrected chi connectivity index (χ0v) is 27.5. The fourth-order valence-electron chi connectivity index (χ4n) is 5.07. The Kier molecular flexibility index (Phi) is 15.5. The summed E-state index contributed by atoms with van der Waals surface area (Å²) < 4.78 is 16.7. The molecule has 2 atom stereocenters. The van der Waals surface area contributed by atoms with Gasteiger partial charge in [-0.1, -0.05) is 103 Å². The summed E-state index contributed by atoms with van der Waals surface area (Å²) in [6.45, 7) is 8.62. The van der Waals surface area contributed by atoms with Gasteiger partial charge in [0, 0.05) is 18.1 Å². The lowest BCUT2D eigenvalue weighted by Crippen LogP contribution is -2.26. The van der Waals surface area contributed by atoms with Gasteiger partial charge in [-0.25, -0.2) is 9.59 Å². The van der Waals surface area contributed by atoms with Crippen LogP contribution in [0.5, 0.6) is 11.5 Å². The Morgan fingerprint density at radius 1 is 0.578 bits per heavy atom. The average Bonchev–Trinajstić information content (AvgIpc) is 3.06. The minimum Gasteiger partial charge on any atom is -0.425 e. The number of Topliss-reactive ketones (excluding diaryl/α,β-unsaturated/α-hetero) is 1. The highest BCUT2D eigenvalue weighted by Crippen LogP contribution is 2.24. The minimum atomic E-state index is -0.623. The van der Waals surface area contributed by atoms with E-state index in [0.29, 0.717) is 29.2 Å². The first kappa shape index (κ1) is 35.7. The topological polar surface area (TPSA) is 78.9 Å². The number of carbonyl (C=O) groups excluding carboxylic acids is 3. The summed E-state index contributed by atoms with van der Waals surface area (Å²) >= 11 is 0. The van der Waals surface area contributed by atoms with Gasteiger partial charge in [-0.05, 0) is 79.4 Å². The van der Waals surface area contributed by atoms with Crippen LogP contribution >= 0.6 is 0 Å². The van der Waals surface area contributed by atoms with Crippen molar-refractivity contribution in [2.75, 3.05) is 6.61 Å². The zero-order valence-electron chi connectivity index (χ0n) is 27.5. The molecule has 0 saturated heterocycles. The van der Waals surface area contributed by atoms with Crippen LogP contribution in [0.25, 0.3) is 11.1 Å². The molecule has 45 heavy (non-hydrogen) atoms. The standard InChI is InChI=1S/C39H50O6/c1-5-7-9-11-12-14-28-43-30(4)38(41)44-35-24-20-32(21-25-35)31-16-18-34(19-17-31)39(42)45-36-26-22-33(23-27-36)37(40)29(3)15-13-10-8-6-2/h16-27,29-30H,5-15,28H2,1-4H3. The highest BCUT2D eigenvalue weighted by atomic mass is 16.6. The van der Waals surface area contributed by atoms with E-state index in [0.717, 1.165) is 43.2 Å². The molecular weight excluding hydrogens is 564 g/mol. The van der Waals surface area contributed by atoms with Crippen molar-refractivity contribution >= 4 is 17.7 Å². The first-order valence-corrected chi connectivity index (χ1v) is 16.7. The molecule has 0 N–H and O–H groups in total. The molecule has 0 saturated carbocycles. The Morgan fingerprint density at radius 3 is 1.69 bits per heavy atom. The maximum absolute atomic E-state index is 12.8. The highest BCUT2D eigenvalue weighted by molar-refractivity contribution is 5.98. The van der Waals surface area contributed by atoms with Crippen LogP contribution in [0.3, 0.4) is 0 Å². The van der Waals surface area contributed by atoms with Crippen LogP contribution in [-0.4, -0.2) is 30.4 Å². The van der Waals surface area contributed by atoms with Crippen LogP contribution in [0.4, 0.5) is 0 Å². The Morgan fingerprint density at radius 2 is 1.07 bits per heavy atom. The lowest BCUT2D eigenvalue weighted by atomic mass is 9.94. The normalized spacial score (nSPS) is 12.4. The van der Waals surface area contributed by atoms with Gasteiger partial charge in [-0.2, -0.15) is 0 Å². The molecule has 0 spiro atoms. The molecule has 0 amide bonds. The Balaban J connectivity index is 1.45. The van der Waals surface area contributed by atoms with Crippen LogP contribution in [-0.2, 0) is 9.53 Å². The highest BCUT2D eigenvalue weighted by Gasteiger charge is 2.17. The van der Waals surface area contributed by atoms with E-state index in [1.165, 1.54) is 38.5 Å². The van der Waals surface area contributed by atoms with E-state index in [4.69, 9.17) is 14.2 Å². The summed E-state index contributed by atoms with van der Waals surface area (Å²) in [4.78, 5) is 37.9. The first-order valence-electron chi connectivity index (χ1n) is 16.7. The molecule has 0 fully saturated rings. The molecule has 3 aromatic carbocycles. The van der Waals surface area contributed by atoms with E-state index in [2.05, 4.69) is 13.8 Å². The van der Waals surface area contributed by atoms with E-state index >= 15 is 0 Å². The zero-order chi connectivity index (χ0) is 32.4. The molecule has 0 heterocycles. The minimum absolute atomic E-state index is 0.0252. The maximum Gasteiger partial charge on any atom is 0.343 e. The number of esters is 2. The van der Waals surface area contributed by atoms with Crippen LogP contribution in [0, 0.1) is 5.92 Å². The van der Waals surface area contributed by atoms with Crippen LogP contribution in [0.15, 0.2) is 72.8 Å². The number of hydrogen-bond acceptors (Lipinski definition) is 6. The molecule has 2 unspecified atom stereocenters. The number of carbonyl (C=O) groups is 3. The Bertz CT molecular complexity index is 1310. The second-order valence-electron chi connectivity index (χ2n) is 11.8. The molecule has 3 aromatic rings. The van der Waals surface area contributed by atoms with E-state index in [-0.39, 0.29) is 11.7 Å². The van der Waals surface area contributed by atoms with E-state index in [1.807, 2.05) is 31.2 Å². The summed E-state index contributed by atoms with van der Waals surface area (Å²) in [5, 5.41) is 0. The number of ketones is 1. The third-order valence-electron chi connectivity index (χ3n) is 8.01. The van der Waals surface area contributed by atoms with Crippen molar-refractivity contribution in [2.45, 2.75) is 104 Å². The summed E-state index contributed by atoms with van der Waals surface area (Å²) in [5.74, 6) is 0.0539. The van der Waals surface area contributed by atoms with Gasteiger partial charge in [0.2, 0.25) is 0 Å². The van der Waals surface area contributed by atoms with Gasteiger partial charge >= 0.3 is 11.9 Å². The number of rotatable bonds is 20. The van der Waals surface area contributed by atoms with Crippen molar-refractivity contribution in [3.05, 3.63) is 83.9 Å². The van der Waals surface area contributed by atoms with Crippen molar-refractivity contribution < 1.29 is 28.6 Å². The van der Waals surface area contributed by atoms with Gasteiger partial charge in [0.05, 0.1) is 5.56 Å². The van der Waals surface area contributed by atoms with Crippen molar-refractivity contribution in [2.24, 2.45) is 5.92 Å². The average molecular weight is 615 g/mol. The van der Waals surface area contributed by atoms with Crippen LogP contribution < -0.4 is 9.47 Å². The quantitative estimate of drug-likeness (QED) is 0.0545. The van der Waals surface area contributed by atoms with Gasteiger partial charge in [0.15, 0.2) is 11.9 Å². The predicted octanol–water partition coefficient (Wildman–Crippen LogP) is 10.0. The van der Waals surface area contributed by atoms with Gasteiger partial charge < -0.3 is 14.2 Å². The fourth-order valence-corrected chi connectivity index (χ4v) is 5.07. The molecular formula is C39H50O6. The molecule has 0 aliphatic rings. The Hall–Kier alpha value is -3.77. The van der Waals surface area contributed by atoms with E-state index in [1.54, 1.807) is 55.5 Å². The van der Waals surface area contributed by atoms with E-state index < -0.39 is 18.0 Å². The monoisotopic (exact) mass is 614 g/mol. The molecule has 6 nitrogen and oxygen atoms in total. The van der Waals surface area contributed by atoms with Gasteiger partial charge in [-0.3, -0.25) is 4.79 Å². The van der Waals surface area contributed by atoms with Crippen molar-refractivity contribution in [3.63, 3.8) is 0 Å². The second kappa shape index (κ2) is 19.6. The molecule has 0 aliphatic carbocycles. The molecule has 0 bridgehead atoms. The van der Waals surface area contributed by atoms with Crippen molar-refractivity contribution in [1.82, 2.24) is 0 Å². The second-order valence-corrected chi connectivity index (χ2v) is 11.8. The lowest BCUT2D eigenvalue weighted by Gasteiger charge is -2.13. The molecule has 3 rings (SSSR count). The number of ether oxygens (including phenoxy) is 3. The Labute approximate surface area is 269 Å². The molecule has 242 valence electrons. The molecule has 0 radical (unpaired) electrons. The summed E-state index contributed by atoms with van der Waals surface area (Å²) in [6.07, 6.45) is 11.9. The SMILES string of the molecule is CCCCCCCCOC(C)C(=O)Oc1ccc(-c2ccc(C(=O)Oc3ccc(C(=O)C(C)CCCCCC)cc3)cc2)cc1. The fraction of sp³-hybridized carbons (Fsp3) is 0.462. The number of benzene rings is 3. The summed E-state index contributed by atoms with van der Waals surface area (Å²) in [6, 6.07) is 21.1. The number of unbranched alkanes of at least 4 members (excludes halogenated alkanes) is 8. The number of hydrogen-bond donors (Lipinski definition) is 0. The van der Waals surface area contributed by atoms with Crippen molar-refractivity contribution in [1.29, 1.82) is 0 Å². The molecule has 6 heteroatoms. The lowest BCUT2D eigenvalue weighted by molar-refractivity contribution is -0.146. The summed E-state index contributed by atoms with van der Waals surface area (Å²) in [5.41, 5.74) is 2.88. The van der Waals surface area contributed by atoms with E-state index in [9.17, 15) is 14.4 Å². The van der Waals surface area contributed by atoms with Crippen LogP contribution in [0.1, 0.15) is 119 Å². The van der Waals surface area contributed by atoms with Crippen molar-refractivity contribution in [3.8, 4) is 22.6 Å². The van der Waals surface area contributed by atoms with Gasteiger partial charge in [0.1, 0.15) is 11.5 Å².